The smallest absolute Gasteiger partial charge is 0.337 e. The van der Waals surface area contributed by atoms with Gasteiger partial charge in [0, 0.05) is 45.3 Å². The monoisotopic (exact) mass is 452 g/mol. The third-order valence-electron chi connectivity index (χ3n) is 6.48. The largest absolute Gasteiger partial charge is 0.479 e. The second-order valence-corrected chi connectivity index (χ2v) is 9.89. The molecule has 0 aliphatic heterocycles. The molecule has 0 spiro atoms. The van der Waals surface area contributed by atoms with Crippen molar-refractivity contribution in [3.8, 4) is 11.1 Å². The summed E-state index contributed by atoms with van der Waals surface area (Å²) in [7, 11) is 0. The second-order valence-electron chi connectivity index (χ2n) is 9.89. The number of carboxylic acid groups (broad SMARTS) is 1. The predicted octanol–water partition coefficient (Wildman–Crippen LogP) is 6.52. The maximum atomic E-state index is 12.5. The summed E-state index contributed by atoms with van der Waals surface area (Å²) in [5, 5.41) is 12.3. The highest BCUT2D eigenvalue weighted by molar-refractivity contribution is 6.07. The van der Waals surface area contributed by atoms with E-state index in [1.54, 1.807) is 0 Å². The summed E-state index contributed by atoms with van der Waals surface area (Å²) >= 11 is 0. The number of rotatable bonds is 5. The van der Waals surface area contributed by atoms with Crippen LogP contribution in [0.5, 0.6) is 0 Å². The van der Waals surface area contributed by atoms with Crippen LogP contribution in [0.4, 0.5) is 0 Å². The van der Waals surface area contributed by atoms with Gasteiger partial charge in [0.2, 0.25) is 0 Å². The zero-order valence-corrected chi connectivity index (χ0v) is 19.9. The Morgan fingerprint density at radius 2 is 1.97 bits per heavy atom. The number of allylic oxidation sites excluding steroid dienone is 1. The molecule has 0 radical (unpaired) electrons. The van der Waals surface area contributed by atoms with E-state index in [1.807, 2.05) is 64.2 Å². The molecular weight excluding hydrogens is 424 g/mol. The van der Waals surface area contributed by atoms with Gasteiger partial charge in [-0.05, 0) is 57.4 Å². The quantitative estimate of drug-likeness (QED) is 0.349. The molecule has 0 saturated carbocycles. The normalized spacial score (nSPS) is 16.2. The number of fused-ring (bicyclic) bond motifs is 1. The highest BCUT2D eigenvalue weighted by Crippen LogP contribution is 2.45. The maximum absolute atomic E-state index is 12.5. The number of benzene rings is 2. The first-order valence-electron chi connectivity index (χ1n) is 11.5. The number of carboxylic acids is 1. The Balaban J connectivity index is 1.90. The molecule has 0 saturated heterocycles. The van der Waals surface area contributed by atoms with E-state index in [2.05, 4.69) is 24.8 Å². The number of hydrogen-bond donors (Lipinski definition) is 1. The number of ether oxygens (including phenoxy) is 1. The van der Waals surface area contributed by atoms with E-state index in [0.717, 1.165) is 39.4 Å². The second kappa shape index (κ2) is 8.03. The number of para-hydroxylation sites is 1. The molecule has 2 atom stereocenters. The Labute approximate surface area is 199 Å². The molecule has 1 aliphatic carbocycles. The Morgan fingerprint density at radius 3 is 2.68 bits per heavy atom. The molecule has 0 amide bonds. The third-order valence-corrected chi connectivity index (χ3v) is 6.48. The van der Waals surface area contributed by atoms with Gasteiger partial charge < -0.3 is 9.84 Å². The van der Waals surface area contributed by atoms with Gasteiger partial charge in [0.1, 0.15) is 0 Å². The number of aliphatic carboxylic acids is 1. The van der Waals surface area contributed by atoms with E-state index in [4.69, 9.17) is 14.7 Å². The molecule has 1 N–H and O–H groups in total. The van der Waals surface area contributed by atoms with Crippen LogP contribution in [0.2, 0.25) is 0 Å². The Kier molecular flexibility index (Phi) is 5.25. The van der Waals surface area contributed by atoms with Crippen molar-refractivity contribution in [2.24, 2.45) is 0 Å². The fourth-order valence-corrected chi connectivity index (χ4v) is 5.15. The first kappa shape index (κ1) is 22.2. The van der Waals surface area contributed by atoms with E-state index in [0.29, 0.717) is 11.3 Å². The standard InChI is InChI=1S/C29H28N2O3/c1-6-17-15-18-13-14-30-26-21(12-11-19(17)24(18)26)25-20-9-7-8-10-22(20)31-16(2)23(25)27(28(32)33)34-29(3,4)5/h6-14,17,27H,1,15H2,2-5H3,(H,32,33)/t17-,27-/m0/s1. The fraction of sp³-hybridized carbons (Fsp3) is 0.276. The van der Waals surface area contributed by atoms with Crippen molar-refractivity contribution in [3.63, 3.8) is 0 Å². The summed E-state index contributed by atoms with van der Waals surface area (Å²) in [6.45, 7) is 11.5. The zero-order valence-electron chi connectivity index (χ0n) is 19.9. The molecule has 5 rings (SSSR count). The maximum Gasteiger partial charge on any atom is 0.337 e. The minimum Gasteiger partial charge on any atom is -0.479 e. The summed E-state index contributed by atoms with van der Waals surface area (Å²) in [6, 6.07) is 14.1. The molecule has 0 fully saturated rings. The van der Waals surface area contributed by atoms with Crippen LogP contribution in [0.3, 0.4) is 0 Å². The van der Waals surface area contributed by atoms with Crippen molar-refractivity contribution in [2.75, 3.05) is 0 Å². The molecule has 1 aliphatic rings. The van der Waals surface area contributed by atoms with Crippen molar-refractivity contribution in [1.82, 2.24) is 9.97 Å². The average Bonchev–Trinajstić information content (AvgIpc) is 3.16. The van der Waals surface area contributed by atoms with E-state index < -0.39 is 17.7 Å². The van der Waals surface area contributed by atoms with Crippen LogP contribution in [0, 0.1) is 6.92 Å². The van der Waals surface area contributed by atoms with Crippen molar-refractivity contribution < 1.29 is 14.6 Å². The minimum absolute atomic E-state index is 0.252. The number of aromatic nitrogens is 2. The van der Waals surface area contributed by atoms with Crippen LogP contribution in [-0.2, 0) is 16.0 Å². The summed E-state index contributed by atoms with van der Waals surface area (Å²) < 4.78 is 6.11. The molecular formula is C29H28N2O3. The lowest BCUT2D eigenvalue weighted by atomic mass is 9.88. The summed E-state index contributed by atoms with van der Waals surface area (Å²) in [5.74, 6) is -0.788. The molecule has 5 nitrogen and oxygen atoms in total. The van der Waals surface area contributed by atoms with E-state index in [1.165, 1.54) is 11.1 Å². The Bertz CT molecular complexity index is 1470. The average molecular weight is 453 g/mol. The summed E-state index contributed by atoms with van der Waals surface area (Å²) in [4.78, 5) is 22.1. The fourth-order valence-electron chi connectivity index (χ4n) is 5.15. The highest BCUT2D eigenvalue weighted by atomic mass is 16.5. The molecule has 34 heavy (non-hydrogen) atoms. The van der Waals surface area contributed by atoms with Gasteiger partial charge in [-0.15, -0.1) is 6.58 Å². The van der Waals surface area contributed by atoms with Gasteiger partial charge in [-0.3, -0.25) is 9.97 Å². The van der Waals surface area contributed by atoms with Gasteiger partial charge in [-0.1, -0.05) is 36.4 Å². The summed E-state index contributed by atoms with van der Waals surface area (Å²) in [6.07, 6.45) is 3.56. The van der Waals surface area contributed by atoms with E-state index >= 15 is 0 Å². The molecule has 2 aromatic heterocycles. The molecule has 172 valence electrons. The number of carbonyl (C=O) groups is 1. The van der Waals surface area contributed by atoms with Gasteiger partial charge >= 0.3 is 5.97 Å². The molecule has 5 heteroatoms. The first-order chi connectivity index (χ1) is 16.2. The number of aryl methyl sites for hydroxylation is 1. The highest BCUT2D eigenvalue weighted by Gasteiger charge is 2.33. The van der Waals surface area contributed by atoms with Crippen molar-refractivity contribution in [2.45, 2.75) is 51.7 Å². The van der Waals surface area contributed by atoms with Crippen LogP contribution in [-0.4, -0.2) is 26.6 Å². The van der Waals surface area contributed by atoms with Crippen molar-refractivity contribution in [3.05, 3.63) is 83.7 Å². The Morgan fingerprint density at radius 1 is 1.21 bits per heavy atom. The molecule has 2 aromatic carbocycles. The minimum atomic E-state index is -1.17. The Hall–Kier alpha value is -3.57. The SMILES string of the molecule is C=C[C@H]1Cc2ccnc3c(-c4c([C@H](OC(C)(C)C)C(=O)O)c(C)nc5ccccc45)ccc1c23. The number of pyridine rings is 2. The van der Waals surface area contributed by atoms with Gasteiger partial charge in [0.05, 0.1) is 16.6 Å². The van der Waals surface area contributed by atoms with Gasteiger partial charge in [-0.2, -0.15) is 0 Å². The lowest BCUT2D eigenvalue weighted by Gasteiger charge is -2.28. The van der Waals surface area contributed by atoms with E-state index in [-0.39, 0.29) is 5.92 Å². The van der Waals surface area contributed by atoms with Crippen LogP contribution < -0.4 is 0 Å². The van der Waals surface area contributed by atoms with Crippen LogP contribution >= 0.6 is 0 Å². The lowest BCUT2D eigenvalue weighted by molar-refractivity contribution is -0.160. The molecule has 2 heterocycles. The topological polar surface area (TPSA) is 72.3 Å². The zero-order chi connectivity index (χ0) is 24.2. The number of nitrogens with zero attached hydrogens (tertiary/aromatic N) is 2. The van der Waals surface area contributed by atoms with Crippen molar-refractivity contribution in [1.29, 1.82) is 0 Å². The molecule has 0 bridgehead atoms. The van der Waals surface area contributed by atoms with Crippen LogP contribution in [0.15, 0.2) is 61.3 Å². The number of hydrogen-bond acceptors (Lipinski definition) is 4. The lowest BCUT2D eigenvalue weighted by Crippen LogP contribution is -2.28. The first-order valence-corrected chi connectivity index (χ1v) is 11.5. The molecule has 0 unspecified atom stereocenters. The predicted molar refractivity (Wildman–Crippen MR) is 135 cm³/mol. The van der Waals surface area contributed by atoms with Crippen LogP contribution in [0.25, 0.3) is 32.9 Å². The van der Waals surface area contributed by atoms with Crippen molar-refractivity contribution >= 4 is 27.8 Å². The van der Waals surface area contributed by atoms with E-state index in [9.17, 15) is 9.90 Å². The van der Waals surface area contributed by atoms with Gasteiger partial charge in [-0.25, -0.2) is 4.79 Å². The van der Waals surface area contributed by atoms with Crippen LogP contribution in [0.1, 0.15) is 55.2 Å². The van der Waals surface area contributed by atoms with Gasteiger partial charge in [0.25, 0.3) is 0 Å². The summed E-state index contributed by atoms with van der Waals surface area (Å²) in [5.41, 5.74) is 6.40. The third kappa shape index (κ3) is 3.57. The molecule has 4 aromatic rings. The van der Waals surface area contributed by atoms with Gasteiger partial charge in [0.15, 0.2) is 6.10 Å².